The molecule has 10 nitrogen and oxygen atoms in total. The minimum absolute atomic E-state index is 0.00994. The topological polar surface area (TPSA) is 144 Å². The lowest BCUT2D eigenvalue weighted by Crippen LogP contribution is -2.49. The van der Waals surface area contributed by atoms with Gasteiger partial charge < -0.3 is 20.3 Å². The SMILES string of the molecule is CC(C)(C)OC(=O)N(C(=O)OC(C)(C)C)/C(N)=N/c1cccc(-c2ncccc2C(=O)O)c1. The summed E-state index contributed by atoms with van der Waals surface area (Å²) in [7, 11) is 0. The number of carbonyl (C=O) groups excluding carboxylic acids is 2. The van der Waals surface area contributed by atoms with E-state index in [0.29, 0.717) is 10.5 Å². The average molecular weight is 456 g/mol. The Morgan fingerprint density at radius 3 is 2.06 bits per heavy atom. The van der Waals surface area contributed by atoms with E-state index in [1.54, 1.807) is 59.7 Å². The number of hydrogen-bond acceptors (Lipinski definition) is 7. The maximum atomic E-state index is 12.7. The highest BCUT2D eigenvalue weighted by Gasteiger charge is 2.34. The molecule has 0 radical (unpaired) electrons. The number of aromatic nitrogens is 1. The summed E-state index contributed by atoms with van der Waals surface area (Å²) < 4.78 is 10.6. The summed E-state index contributed by atoms with van der Waals surface area (Å²) in [5.74, 6) is -1.61. The van der Waals surface area contributed by atoms with Crippen molar-refractivity contribution in [1.29, 1.82) is 0 Å². The van der Waals surface area contributed by atoms with Gasteiger partial charge in [0.2, 0.25) is 5.96 Å². The number of carbonyl (C=O) groups is 3. The fourth-order valence-corrected chi connectivity index (χ4v) is 2.59. The number of carboxylic acids is 1. The third-order valence-corrected chi connectivity index (χ3v) is 3.78. The monoisotopic (exact) mass is 456 g/mol. The molecule has 0 aliphatic carbocycles. The number of aliphatic imine (C=N–C) groups is 1. The van der Waals surface area contributed by atoms with Crippen LogP contribution in [0.1, 0.15) is 51.9 Å². The Morgan fingerprint density at radius 1 is 0.970 bits per heavy atom. The van der Waals surface area contributed by atoms with Gasteiger partial charge in [-0.25, -0.2) is 19.4 Å². The second kappa shape index (κ2) is 9.68. The van der Waals surface area contributed by atoms with Crippen molar-refractivity contribution in [3.8, 4) is 11.3 Å². The normalized spacial score (nSPS) is 12.1. The van der Waals surface area contributed by atoms with E-state index in [2.05, 4.69) is 9.98 Å². The molecule has 33 heavy (non-hydrogen) atoms. The van der Waals surface area contributed by atoms with Gasteiger partial charge in [-0.1, -0.05) is 12.1 Å². The standard InChI is InChI=1S/C23H28N4O6/c1-22(2,3)32-20(30)27(21(31)33-23(4,5)6)19(24)26-15-10-7-9-14(13-15)17-16(18(28)29)11-8-12-25-17/h7-13H,1-6H3,(H2,24,26)(H,28,29). The molecule has 3 N–H and O–H groups in total. The van der Waals surface area contributed by atoms with Crippen molar-refractivity contribution in [2.24, 2.45) is 10.7 Å². The minimum atomic E-state index is -1.13. The zero-order valence-electron chi connectivity index (χ0n) is 19.4. The van der Waals surface area contributed by atoms with Crippen LogP contribution >= 0.6 is 0 Å². The molecule has 0 unspecified atom stereocenters. The Hall–Kier alpha value is -3.95. The molecule has 10 heteroatoms. The molecule has 1 heterocycles. The van der Waals surface area contributed by atoms with E-state index in [0.717, 1.165) is 0 Å². The lowest BCUT2D eigenvalue weighted by molar-refractivity contribution is 0.0145. The van der Waals surface area contributed by atoms with E-state index in [9.17, 15) is 19.5 Å². The van der Waals surface area contributed by atoms with Crippen LogP contribution in [-0.4, -0.2) is 50.3 Å². The van der Waals surface area contributed by atoms with Crippen LogP contribution in [0.3, 0.4) is 0 Å². The van der Waals surface area contributed by atoms with Crippen molar-refractivity contribution in [1.82, 2.24) is 9.88 Å². The molecule has 0 atom stereocenters. The molecule has 2 aromatic rings. The third kappa shape index (κ3) is 7.30. The summed E-state index contributed by atoms with van der Waals surface area (Å²) in [4.78, 5) is 45.7. The van der Waals surface area contributed by atoms with Crippen LogP contribution in [0.25, 0.3) is 11.3 Å². The maximum Gasteiger partial charge on any atom is 0.427 e. The first-order valence-corrected chi connectivity index (χ1v) is 10.1. The van der Waals surface area contributed by atoms with E-state index in [4.69, 9.17) is 15.2 Å². The van der Waals surface area contributed by atoms with E-state index in [1.165, 1.54) is 24.4 Å². The number of guanidine groups is 1. The molecule has 0 fully saturated rings. The quantitative estimate of drug-likeness (QED) is 0.505. The van der Waals surface area contributed by atoms with Crippen molar-refractivity contribution in [3.05, 3.63) is 48.2 Å². The van der Waals surface area contributed by atoms with Crippen molar-refractivity contribution in [3.63, 3.8) is 0 Å². The molecular formula is C23H28N4O6. The highest BCUT2D eigenvalue weighted by molar-refractivity contribution is 6.08. The van der Waals surface area contributed by atoms with Gasteiger partial charge in [-0.2, -0.15) is 0 Å². The van der Waals surface area contributed by atoms with Gasteiger partial charge in [0.25, 0.3) is 0 Å². The summed E-state index contributed by atoms with van der Waals surface area (Å²) in [6.07, 6.45) is -0.627. The van der Waals surface area contributed by atoms with Crippen LogP contribution in [-0.2, 0) is 9.47 Å². The van der Waals surface area contributed by atoms with E-state index < -0.39 is 35.3 Å². The van der Waals surface area contributed by atoms with Gasteiger partial charge in [-0.15, -0.1) is 4.90 Å². The van der Waals surface area contributed by atoms with Crippen LogP contribution in [0.2, 0.25) is 0 Å². The molecule has 1 aromatic carbocycles. The Labute approximate surface area is 192 Å². The number of hydrogen-bond donors (Lipinski definition) is 2. The largest absolute Gasteiger partial charge is 0.478 e. The third-order valence-electron chi connectivity index (χ3n) is 3.78. The van der Waals surface area contributed by atoms with Gasteiger partial charge in [0, 0.05) is 11.8 Å². The fraction of sp³-hybridized carbons (Fsp3) is 0.348. The second-order valence-electron chi connectivity index (χ2n) is 9.02. The molecule has 2 amide bonds. The van der Waals surface area contributed by atoms with Gasteiger partial charge in [-0.3, -0.25) is 4.98 Å². The number of pyridine rings is 1. The highest BCUT2D eigenvalue weighted by atomic mass is 16.6. The van der Waals surface area contributed by atoms with E-state index >= 15 is 0 Å². The number of nitrogens with two attached hydrogens (primary N) is 1. The van der Waals surface area contributed by atoms with Crippen molar-refractivity contribution >= 4 is 29.8 Å². The average Bonchev–Trinajstić information content (AvgIpc) is 2.65. The lowest BCUT2D eigenvalue weighted by atomic mass is 10.1. The molecule has 0 spiro atoms. The minimum Gasteiger partial charge on any atom is -0.478 e. The molecule has 1 aromatic heterocycles. The Balaban J connectivity index is 2.47. The Kier molecular flexibility index (Phi) is 7.42. The van der Waals surface area contributed by atoms with Gasteiger partial charge >= 0.3 is 18.2 Å². The molecule has 0 aliphatic heterocycles. The number of benzene rings is 1. The summed E-state index contributed by atoms with van der Waals surface area (Å²) in [5.41, 5.74) is 5.18. The lowest BCUT2D eigenvalue weighted by Gasteiger charge is -2.27. The number of imide groups is 1. The molecule has 0 saturated carbocycles. The molecule has 0 bridgehead atoms. The number of nitrogens with zero attached hydrogens (tertiary/aromatic N) is 3. The van der Waals surface area contributed by atoms with Crippen molar-refractivity contribution in [2.45, 2.75) is 52.7 Å². The van der Waals surface area contributed by atoms with Crippen LogP contribution in [0.4, 0.5) is 15.3 Å². The Morgan fingerprint density at radius 2 is 1.55 bits per heavy atom. The van der Waals surface area contributed by atoms with Gasteiger partial charge in [-0.05, 0) is 65.8 Å². The first-order chi connectivity index (χ1) is 15.2. The second-order valence-corrected chi connectivity index (χ2v) is 9.02. The zero-order valence-corrected chi connectivity index (χ0v) is 19.4. The first kappa shape index (κ1) is 25.3. The van der Waals surface area contributed by atoms with Crippen LogP contribution in [0.15, 0.2) is 47.6 Å². The van der Waals surface area contributed by atoms with Crippen LogP contribution in [0, 0.1) is 0 Å². The van der Waals surface area contributed by atoms with Gasteiger partial charge in [0.1, 0.15) is 11.2 Å². The van der Waals surface area contributed by atoms with Gasteiger partial charge in [0.05, 0.1) is 16.9 Å². The first-order valence-electron chi connectivity index (χ1n) is 10.1. The Bertz CT molecular complexity index is 1050. The predicted octanol–water partition coefficient (Wildman–Crippen LogP) is 4.57. The molecule has 0 saturated heterocycles. The van der Waals surface area contributed by atoms with Crippen LogP contribution in [0.5, 0.6) is 0 Å². The van der Waals surface area contributed by atoms with Crippen molar-refractivity contribution < 1.29 is 29.0 Å². The summed E-state index contributed by atoms with van der Waals surface area (Å²) in [6.45, 7) is 9.84. The molecule has 2 rings (SSSR count). The maximum absolute atomic E-state index is 12.7. The van der Waals surface area contributed by atoms with E-state index in [-0.39, 0.29) is 16.9 Å². The predicted molar refractivity (Wildman–Crippen MR) is 122 cm³/mol. The van der Waals surface area contributed by atoms with E-state index in [1.807, 2.05) is 0 Å². The number of amides is 2. The van der Waals surface area contributed by atoms with Gasteiger partial charge in [0.15, 0.2) is 0 Å². The summed E-state index contributed by atoms with van der Waals surface area (Å²) >= 11 is 0. The summed E-state index contributed by atoms with van der Waals surface area (Å²) in [6, 6.07) is 9.33. The molecule has 0 aliphatic rings. The number of rotatable bonds is 3. The zero-order chi connectivity index (χ0) is 25.0. The molecule has 176 valence electrons. The highest BCUT2D eigenvalue weighted by Crippen LogP contribution is 2.26. The van der Waals surface area contributed by atoms with Crippen molar-refractivity contribution in [2.75, 3.05) is 0 Å². The number of ether oxygens (including phenoxy) is 2. The summed E-state index contributed by atoms with van der Waals surface area (Å²) in [5, 5.41) is 9.43. The smallest absolute Gasteiger partial charge is 0.427 e. The number of carboxylic acid groups (broad SMARTS) is 1. The molecular weight excluding hydrogens is 428 g/mol. The van der Waals surface area contributed by atoms with Crippen LogP contribution < -0.4 is 5.73 Å². The number of aromatic carboxylic acids is 1. The fourth-order valence-electron chi connectivity index (χ4n) is 2.59.